The highest BCUT2D eigenvalue weighted by atomic mass is 35.5. The Morgan fingerprint density at radius 1 is 0.900 bits per heavy atom. The van der Waals surface area contributed by atoms with Gasteiger partial charge in [0.2, 0.25) is 0 Å². The molecule has 4 aromatic rings. The molecule has 0 unspecified atom stereocenters. The molecule has 0 saturated carbocycles. The maximum Gasteiger partial charge on any atom is 0.290 e. The Balaban J connectivity index is 1.31. The first kappa shape index (κ1) is 18.8. The number of carbonyl (C=O) groups excluding carboxylic acids is 2. The van der Waals surface area contributed by atoms with Gasteiger partial charge in [0.1, 0.15) is 5.58 Å². The van der Waals surface area contributed by atoms with Crippen LogP contribution in [0.4, 0.5) is 0 Å². The molecule has 30 heavy (non-hydrogen) atoms. The highest BCUT2D eigenvalue weighted by Gasteiger charge is 2.30. The van der Waals surface area contributed by atoms with Gasteiger partial charge in [-0.25, -0.2) is 0 Å². The van der Waals surface area contributed by atoms with Gasteiger partial charge in [-0.2, -0.15) is 0 Å². The lowest BCUT2D eigenvalue weighted by Gasteiger charge is -2.34. The zero-order valence-electron chi connectivity index (χ0n) is 16.4. The Bertz CT molecular complexity index is 1250. The van der Waals surface area contributed by atoms with Gasteiger partial charge in [0.25, 0.3) is 11.8 Å². The quantitative estimate of drug-likeness (QED) is 0.468. The summed E-state index contributed by atoms with van der Waals surface area (Å²) in [4.78, 5) is 29.3. The minimum atomic E-state index is -0.185. The van der Waals surface area contributed by atoms with Gasteiger partial charge in [0, 0.05) is 42.5 Å². The van der Waals surface area contributed by atoms with Crippen LogP contribution in [0.2, 0.25) is 5.02 Å². The summed E-state index contributed by atoms with van der Waals surface area (Å²) in [6.45, 7) is 3.57. The van der Waals surface area contributed by atoms with Crippen molar-refractivity contribution >= 4 is 45.4 Å². The predicted octanol–water partition coefficient (Wildman–Crippen LogP) is 4.74. The van der Waals surface area contributed by atoms with Gasteiger partial charge in [-0.1, -0.05) is 41.9 Å². The Hall–Kier alpha value is -3.25. The average molecular weight is 423 g/mol. The van der Waals surface area contributed by atoms with Crippen LogP contribution in [0.5, 0.6) is 0 Å². The van der Waals surface area contributed by atoms with Crippen molar-refractivity contribution in [1.29, 1.82) is 0 Å². The molecule has 0 atom stereocenters. The number of benzene rings is 2. The molecule has 2 amide bonds. The van der Waals surface area contributed by atoms with Gasteiger partial charge in [0.15, 0.2) is 17.1 Å². The molecule has 0 N–H and O–H groups in total. The topological polar surface area (TPSA) is 66.9 Å². The highest BCUT2D eigenvalue weighted by Crippen LogP contribution is 2.31. The predicted molar refractivity (Wildman–Crippen MR) is 114 cm³/mol. The van der Waals surface area contributed by atoms with Crippen LogP contribution in [0.15, 0.2) is 57.4 Å². The van der Waals surface area contributed by atoms with E-state index < -0.39 is 0 Å². The normalized spacial score (nSPS) is 14.6. The van der Waals surface area contributed by atoms with Crippen LogP contribution >= 0.6 is 11.6 Å². The van der Waals surface area contributed by atoms with Crippen molar-refractivity contribution < 1.29 is 18.4 Å². The van der Waals surface area contributed by atoms with E-state index >= 15 is 0 Å². The molecule has 2 aromatic heterocycles. The van der Waals surface area contributed by atoms with Crippen molar-refractivity contribution in [3.8, 4) is 0 Å². The molecule has 152 valence electrons. The van der Waals surface area contributed by atoms with Crippen LogP contribution < -0.4 is 0 Å². The first-order valence-electron chi connectivity index (χ1n) is 9.77. The van der Waals surface area contributed by atoms with Crippen LogP contribution in [0.1, 0.15) is 26.7 Å². The number of piperazine rings is 1. The van der Waals surface area contributed by atoms with E-state index in [-0.39, 0.29) is 11.8 Å². The van der Waals surface area contributed by atoms with Crippen molar-refractivity contribution in [3.63, 3.8) is 0 Å². The fraction of sp³-hybridized carbons (Fsp3) is 0.217. The molecule has 0 radical (unpaired) electrons. The SMILES string of the molecule is Cc1c(C(=O)N2CCN(C(=O)c3cc4ccccc4o3)CC2)oc2c(Cl)cccc12. The van der Waals surface area contributed by atoms with Crippen LogP contribution in [-0.2, 0) is 0 Å². The summed E-state index contributed by atoms with van der Waals surface area (Å²) < 4.78 is 11.5. The number of carbonyl (C=O) groups is 2. The number of aryl methyl sites for hydroxylation is 1. The summed E-state index contributed by atoms with van der Waals surface area (Å²) in [6, 6.07) is 14.8. The number of para-hydroxylation sites is 2. The third-order valence-corrected chi connectivity index (χ3v) is 5.90. The van der Waals surface area contributed by atoms with Crippen LogP contribution in [0.3, 0.4) is 0 Å². The van der Waals surface area contributed by atoms with E-state index in [9.17, 15) is 9.59 Å². The van der Waals surface area contributed by atoms with Crippen molar-refractivity contribution in [2.24, 2.45) is 0 Å². The minimum absolute atomic E-state index is 0.162. The molecule has 0 aliphatic carbocycles. The smallest absolute Gasteiger partial charge is 0.290 e. The van der Waals surface area contributed by atoms with E-state index in [0.717, 1.165) is 16.3 Å². The van der Waals surface area contributed by atoms with E-state index in [2.05, 4.69) is 0 Å². The first-order valence-corrected chi connectivity index (χ1v) is 10.2. The molecule has 3 heterocycles. The van der Waals surface area contributed by atoms with Crippen LogP contribution in [-0.4, -0.2) is 47.8 Å². The number of furan rings is 2. The number of halogens is 1. The molecule has 0 spiro atoms. The van der Waals surface area contributed by atoms with E-state index in [1.807, 2.05) is 43.3 Å². The van der Waals surface area contributed by atoms with Crippen LogP contribution in [0.25, 0.3) is 21.9 Å². The summed E-state index contributed by atoms with van der Waals surface area (Å²) in [5.74, 6) is 0.273. The summed E-state index contributed by atoms with van der Waals surface area (Å²) in [5.41, 5.74) is 1.99. The fourth-order valence-electron chi connectivity index (χ4n) is 3.91. The lowest BCUT2D eigenvalue weighted by atomic mass is 10.1. The van der Waals surface area contributed by atoms with E-state index in [1.165, 1.54) is 0 Å². The zero-order valence-corrected chi connectivity index (χ0v) is 17.1. The number of hydrogen-bond donors (Lipinski definition) is 0. The van der Waals surface area contributed by atoms with Gasteiger partial charge < -0.3 is 18.6 Å². The minimum Gasteiger partial charge on any atom is -0.451 e. The highest BCUT2D eigenvalue weighted by molar-refractivity contribution is 6.35. The average Bonchev–Trinajstić information content (AvgIpc) is 3.35. The van der Waals surface area contributed by atoms with Gasteiger partial charge in [-0.15, -0.1) is 0 Å². The molecule has 1 aliphatic rings. The molecule has 2 aromatic carbocycles. The summed E-state index contributed by atoms with van der Waals surface area (Å²) >= 11 is 6.20. The van der Waals surface area contributed by atoms with Crippen molar-refractivity contribution in [1.82, 2.24) is 9.80 Å². The van der Waals surface area contributed by atoms with E-state index in [1.54, 1.807) is 21.9 Å². The first-order chi connectivity index (χ1) is 14.5. The molecule has 1 aliphatic heterocycles. The van der Waals surface area contributed by atoms with Gasteiger partial charge in [-0.05, 0) is 25.1 Å². The summed E-state index contributed by atoms with van der Waals surface area (Å²) in [6.07, 6.45) is 0. The Morgan fingerprint density at radius 2 is 1.60 bits per heavy atom. The maximum atomic E-state index is 13.0. The standard InChI is InChI=1S/C23H19ClN2O4/c1-14-16-6-4-7-17(24)21(16)30-20(14)23(28)26-11-9-25(10-12-26)22(27)19-13-15-5-2-3-8-18(15)29-19/h2-8,13H,9-12H2,1H3. The number of nitrogens with zero attached hydrogens (tertiary/aromatic N) is 2. The molecule has 7 heteroatoms. The molecule has 5 rings (SSSR count). The molecule has 1 saturated heterocycles. The van der Waals surface area contributed by atoms with Crippen molar-refractivity contribution in [3.05, 3.63) is 70.6 Å². The van der Waals surface area contributed by atoms with Gasteiger partial charge >= 0.3 is 0 Å². The van der Waals surface area contributed by atoms with Crippen molar-refractivity contribution in [2.45, 2.75) is 6.92 Å². The number of fused-ring (bicyclic) bond motifs is 2. The molecular weight excluding hydrogens is 404 g/mol. The van der Waals surface area contributed by atoms with E-state index in [4.69, 9.17) is 20.4 Å². The second kappa shape index (κ2) is 7.22. The van der Waals surface area contributed by atoms with Crippen molar-refractivity contribution in [2.75, 3.05) is 26.2 Å². The molecular formula is C23H19ClN2O4. The monoisotopic (exact) mass is 422 g/mol. The maximum absolute atomic E-state index is 13.0. The summed E-state index contributed by atoms with van der Waals surface area (Å²) in [5, 5.41) is 2.22. The fourth-order valence-corrected chi connectivity index (χ4v) is 4.13. The number of amides is 2. The number of rotatable bonds is 2. The second-order valence-corrected chi connectivity index (χ2v) is 7.81. The molecule has 1 fully saturated rings. The second-order valence-electron chi connectivity index (χ2n) is 7.41. The zero-order chi connectivity index (χ0) is 20.8. The third kappa shape index (κ3) is 3.04. The molecule has 6 nitrogen and oxygen atoms in total. The van der Waals surface area contributed by atoms with Gasteiger partial charge in [-0.3, -0.25) is 9.59 Å². The number of hydrogen-bond acceptors (Lipinski definition) is 4. The Morgan fingerprint density at radius 3 is 2.30 bits per heavy atom. The Kier molecular flexibility index (Phi) is 4.51. The Labute approximate surface area is 177 Å². The summed E-state index contributed by atoms with van der Waals surface area (Å²) in [7, 11) is 0. The third-order valence-electron chi connectivity index (χ3n) is 5.60. The molecule has 0 bridgehead atoms. The lowest BCUT2D eigenvalue weighted by molar-refractivity contribution is 0.0504. The van der Waals surface area contributed by atoms with Gasteiger partial charge in [0.05, 0.1) is 5.02 Å². The van der Waals surface area contributed by atoms with Crippen LogP contribution in [0, 0.1) is 6.92 Å². The lowest BCUT2D eigenvalue weighted by Crippen LogP contribution is -2.50. The van der Waals surface area contributed by atoms with E-state index in [0.29, 0.717) is 53.9 Å². The largest absolute Gasteiger partial charge is 0.451 e.